The molecule has 0 saturated heterocycles. The number of nitrogens with zero attached hydrogens (tertiary/aromatic N) is 3. The van der Waals surface area contributed by atoms with Crippen LogP contribution in [-0.4, -0.2) is 23.0 Å². The second-order valence-corrected chi connectivity index (χ2v) is 8.54. The van der Waals surface area contributed by atoms with E-state index in [2.05, 4.69) is 29.2 Å². The summed E-state index contributed by atoms with van der Waals surface area (Å²) in [5.74, 6) is 0.768. The van der Waals surface area contributed by atoms with Crippen LogP contribution in [0, 0.1) is 0 Å². The van der Waals surface area contributed by atoms with Gasteiger partial charge in [0.05, 0.1) is 30.3 Å². The summed E-state index contributed by atoms with van der Waals surface area (Å²) >= 11 is 1.49. The molecule has 32 heavy (non-hydrogen) atoms. The lowest BCUT2D eigenvalue weighted by molar-refractivity contribution is -0.118. The topological polar surface area (TPSA) is 55.3 Å². The molecule has 0 spiro atoms. The molecule has 0 atom stereocenters. The number of ether oxygens (including phenoxy) is 1. The van der Waals surface area contributed by atoms with Gasteiger partial charge < -0.3 is 4.74 Å². The minimum absolute atomic E-state index is 0.00449. The Bertz CT molecular complexity index is 1400. The van der Waals surface area contributed by atoms with Crippen LogP contribution in [0.5, 0.6) is 5.75 Å². The van der Waals surface area contributed by atoms with Crippen molar-refractivity contribution in [2.75, 3.05) is 12.0 Å². The van der Waals surface area contributed by atoms with E-state index in [1.54, 1.807) is 24.4 Å². The molecule has 5 nitrogen and oxygen atoms in total. The summed E-state index contributed by atoms with van der Waals surface area (Å²) in [4.78, 5) is 24.2. The lowest BCUT2D eigenvalue weighted by atomic mass is 10.0. The Morgan fingerprint density at radius 2 is 1.84 bits per heavy atom. The molecule has 3 aromatic carbocycles. The first kappa shape index (κ1) is 20.2. The molecule has 0 radical (unpaired) electrons. The minimum Gasteiger partial charge on any atom is -0.497 e. The van der Waals surface area contributed by atoms with Gasteiger partial charge >= 0.3 is 0 Å². The van der Waals surface area contributed by atoms with Crippen LogP contribution in [0.1, 0.15) is 11.1 Å². The van der Waals surface area contributed by atoms with Crippen LogP contribution >= 0.6 is 11.3 Å². The summed E-state index contributed by atoms with van der Waals surface area (Å²) in [5, 5.41) is 2.96. The average Bonchev–Trinajstić information content (AvgIpc) is 3.26. The van der Waals surface area contributed by atoms with Crippen molar-refractivity contribution in [2.45, 2.75) is 13.0 Å². The number of thiazole rings is 1. The Morgan fingerprint density at radius 1 is 0.969 bits per heavy atom. The lowest BCUT2D eigenvalue weighted by Crippen LogP contribution is -2.31. The highest BCUT2D eigenvalue weighted by molar-refractivity contribution is 7.22. The minimum atomic E-state index is -0.00449. The Labute approximate surface area is 189 Å². The molecule has 6 heteroatoms. The Kier molecular flexibility index (Phi) is 5.52. The van der Waals surface area contributed by atoms with Crippen molar-refractivity contribution < 1.29 is 9.53 Å². The molecule has 5 aromatic rings. The van der Waals surface area contributed by atoms with E-state index in [-0.39, 0.29) is 5.91 Å². The fourth-order valence-electron chi connectivity index (χ4n) is 3.69. The molecule has 0 aliphatic carbocycles. The fourth-order valence-corrected chi connectivity index (χ4v) is 4.70. The number of hydrogen-bond acceptors (Lipinski definition) is 5. The van der Waals surface area contributed by atoms with Crippen molar-refractivity contribution in [2.24, 2.45) is 0 Å². The van der Waals surface area contributed by atoms with E-state index >= 15 is 0 Å². The van der Waals surface area contributed by atoms with Gasteiger partial charge in [-0.3, -0.25) is 14.7 Å². The summed E-state index contributed by atoms with van der Waals surface area (Å²) in [6, 6.07) is 23.9. The molecule has 0 fully saturated rings. The number of rotatable bonds is 6. The fraction of sp³-hybridized carbons (Fsp3) is 0.115. The Morgan fingerprint density at radius 3 is 2.66 bits per heavy atom. The predicted molar refractivity (Wildman–Crippen MR) is 129 cm³/mol. The molecule has 0 saturated carbocycles. The molecular formula is C26H21N3O2S. The largest absolute Gasteiger partial charge is 0.497 e. The van der Waals surface area contributed by atoms with E-state index in [9.17, 15) is 4.79 Å². The zero-order valence-electron chi connectivity index (χ0n) is 17.6. The van der Waals surface area contributed by atoms with Crippen molar-refractivity contribution in [3.63, 3.8) is 0 Å². The molecule has 158 valence electrons. The molecular weight excluding hydrogens is 418 g/mol. The van der Waals surface area contributed by atoms with Gasteiger partial charge in [0, 0.05) is 12.4 Å². The normalized spacial score (nSPS) is 11.0. The second-order valence-electron chi connectivity index (χ2n) is 7.53. The number of pyridine rings is 1. The number of methoxy groups -OCH3 is 1. The summed E-state index contributed by atoms with van der Waals surface area (Å²) < 4.78 is 6.32. The smallest absolute Gasteiger partial charge is 0.233 e. The summed E-state index contributed by atoms with van der Waals surface area (Å²) in [7, 11) is 1.64. The standard InChI is InChI=1S/C26H21N3O2S/c1-31-22-10-11-23-24(15-22)32-26(28-23)29(17-19-5-4-12-27-16-19)25(30)14-18-8-9-20-6-2-3-7-21(20)13-18/h2-13,15-16H,14,17H2,1H3. The van der Waals surface area contributed by atoms with Gasteiger partial charge in [-0.1, -0.05) is 59.9 Å². The molecule has 0 aliphatic heterocycles. The van der Waals surface area contributed by atoms with Crippen LogP contribution < -0.4 is 9.64 Å². The number of aromatic nitrogens is 2. The molecule has 5 rings (SSSR count). The zero-order chi connectivity index (χ0) is 21.9. The summed E-state index contributed by atoms with van der Waals surface area (Å²) in [6.07, 6.45) is 3.81. The van der Waals surface area contributed by atoms with E-state index in [1.165, 1.54) is 11.3 Å². The molecule has 2 heterocycles. The number of carbonyl (C=O) groups is 1. The molecule has 0 bridgehead atoms. The van der Waals surface area contributed by atoms with Crippen LogP contribution in [-0.2, 0) is 17.8 Å². The van der Waals surface area contributed by atoms with E-state index < -0.39 is 0 Å². The van der Waals surface area contributed by atoms with Gasteiger partial charge in [0.1, 0.15) is 5.75 Å². The lowest BCUT2D eigenvalue weighted by Gasteiger charge is -2.20. The number of anilines is 1. The van der Waals surface area contributed by atoms with Crippen molar-refractivity contribution in [1.29, 1.82) is 0 Å². The van der Waals surface area contributed by atoms with Crippen LogP contribution in [0.15, 0.2) is 85.2 Å². The molecule has 1 amide bonds. The number of fused-ring (bicyclic) bond motifs is 2. The van der Waals surface area contributed by atoms with E-state index in [4.69, 9.17) is 9.72 Å². The van der Waals surface area contributed by atoms with Crippen molar-refractivity contribution in [1.82, 2.24) is 9.97 Å². The van der Waals surface area contributed by atoms with Crippen molar-refractivity contribution in [3.8, 4) is 5.75 Å². The number of amides is 1. The highest BCUT2D eigenvalue weighted by Gasteiger charge is 2.21. The maximum Gasteiger partial charge on any atom is 0.233 e. The summed E-state index contributed by atoms with van der Waals surface area (Å²) in [5.41, 5.74) is 2.78. The van der Waals surface area contributed by atoms with Gasteiger partial charge in [-0.15, -0.1) is 0 Å². The number of hydrogen-bond donors (Lipinski definition) is 0. The monoisotopic (exact) mass is 439 g/mol. The third kappa shape index (κ3) is 4.18. The second kappa shape index (κ2) is 8.77. The SMILES string of the molecule is COc1ccc2nc(N(Cc3cccnc3)C(=O)Cc3ccc4ccccc4c3)sc2c1. The highest BCUT2D eigenvalue weighted by atomic mass is 32.1. The van der Waals surface area contributed by atoms with Gasteiger partial charge in [0.25, 0.3) is 0 Å². The highest BCUT2D eigenvalue weighted by Crippen LogP contribution is 2.32. The van der Waals surface area contributed by atoms with Gasteiger partial charge in [-0.2, -0.15) is 0 Å². The quantitative estimate of drug-likeness (QED) is 0.344. The third-order valence-corrected chi connectivity index (χ3v) is 6.39. The maximum absolute atomic E-state index is 13.5. The predicted octanol–water partition coefficient (Wildman–Crippen LogP) is 5.63. The first-order valence-corrected chi connectivity index (χ1v) is 11.1. The van der Waals surface area contributed by atoms with E-state index in [0.29, 0.717) is 18.1 Å². The summed E-state index contributed by atoms with van der Waals surface area (Å²) in [6.45, 7) is 0.414. The third-order valence-electron chi connectivity index (χ3n) is 5.35. The van der Waals surface area contributed by atoms with Crippen LogP contribution in [0.4, 0.5) is 5.13 Å². The van der Waals surface area contributed by atoms with Crippen molar-refractivity contribution >= 4 is 43.4 Å². The van der Waals surface area contributed by atoms with Gasteiger partial charge in [0.15, 0.2) is 5.13 Å². The van der Waals surface area contributed by atoms with Crippen LogP contribution in [0.25, 0.3) is 21.0 Å². The van der Waals surface area contributed by atoms with Gasteiger partial charge in [0.2, 0.25) is 5.91 Å². The van der Waals surface area contributed by atoms with Crippen LogP contribution in [0.2, 0.25) is 0 Å². The molecule has 0 aliphatic rings. The van der Waals surface area contributed by atoms with Crippen molar-refractivity contribution in [3.05, 3.63) is 96.3 Å². The molecule has 2 aromatic heterocycles. The maximum atomic E-state index is 13.5. The molecule has 0 N–H and O–H groups in total. The van der Waals surface area contributed by atoms with Crippen LogP contribution in [0.3, 0.4) is 0 Å². The van der Waals surface area contributed by atoms with Gasteiger partial charge in [-0.05, 0) is 46.2 Å². The first-order chi connectivity index (χ1) is 15.7. The number of carbonyl (C=O) groups excluding carboxylic acids is 1. The molecule has 0 unspecified atom stereocenters. The Hall–Kier alpha value is -3.77. The zero-order valence-corrected chi connectivity index (χ0v) is 18.4. The first-order valence-electron chi connectivity index (χ1n) is 10.3. The van der Waals surface area contributed by atoms with E-state index in [1.807, 2.05) is 48.5 Å². The van der Waals surface area contributed by atoms with Gasteiger partial charge in [-0.25, -0.2) is 4.98 Å². The Balaban J connectivity index is 1.49. The average molecular weight is 440 g/mol. The van der Waals surface area contributed by atoms with E-state index in [0.717, 1.165) is 37.9 Å². The number of benzene rings is 3.